The Morgan fingerprint density at radius 2 is 1.82 bits per heavy atom. The van der Waals surface area contributed by atoms with Crippen LogP contribution in [0.4, 0.5) is 5.69 Å². The molecule has 0 unspecified atom stereocenters. The number of rotatable bonds is 8. The summed E-state index contributed by atoms with van der Waals surface area (Å²) < 4.78 is 0. The molecule has 0 aliphatic heterocycles. The standard InChI is InChI=1S/C15H26N2/c1-4-5-10-16-11-12-17-15-9-7-6-8-14(15)13(2)3/h6-9,13,16-17H,4-5,10-12H2,1-3H3. The molecular weight excluding hydrogens is 208 g/mol. The van der Waals surface area contributed by atoms with Gasteiger partial charge in [0.05, 0.1) is 0 Å². The third-order valence-electron chi connectivity index (χ3n) is 2.91. The third kappa shape index (κ3) is 5.22. The van der Waals surface area contributed by atoms with Gasteiger partial charge in [-0.2, -0.15) is 0 Å². The van der Waals surface area contributed by atoms with E-state index in [1.807, 2.05) is 0 Å². The average Bonchev–Trinajstić information content (AvgIpc) is 2.34. The van der Waals surface area contributed by atoms with Crippen LogP contribution in [0.1, 0.15) is 45.1 Å². The molecular formula is C15H26N2. The molecule has 1 aromatic rings. The molecule has 2 N–H and O–H groups in total. The molecule has 96 valence electrons. The molecule has 0 aliphatic rings. The first-order valence-electron chi connectivity index (χ1n) is 6.79. The maximum absolute atomic E-state index is 3.51. The fraction of sp³-hybridized carbons (Fsp3) is 0.600. The number of anilines is 1. The molecule has 0 bridgehead atoms. The number of para-hydroxylation sites is 1. The number of benzene rings is 1. The molecule has 1 rings (SSSR count). The minimum Gasteiger partial charge on any atom is -0.384 e. The summed E-state index contributed by atoms with van der Waals surface area (Å²) in [4.78, 5) is 0. The molecule has 0 saturated carbocycles. The molecule has 1 aromatic carbocycles. The second kappa shape index (κ2) is 8.13. The molecule has 0 aliphatic carbocycles. The Kier molecular flexibility index (Phi) is 6.71. The van der Waals surface area contributed by atoms with Gasteiger partial charge in [0.15, 0.2) is 0 Å². The first kappa shape index (κ1) is 14.0. The van der Waals surface area contributed by atoms with Crippen molar-refractivity contribution in [1.29, 1.82) is 0 Å². The minimum absolute atomic E-state index is 0.576. The highest BCUT2D eigenvalue weighted by atomic mass is 14.9. The summed E-state index contributed by atoms with van der Waals surface area (Å²) in [6, 6.07) is 8.58. The quantitative estimate of drug-likeness (QED) is 0.671. The molecule has 0 aromatic heterocycles. The van der Waals surface area contributed by atoms with Crippen molar-refractivity contribution in [1.82, 2.24) is 5.32 Å². The van der Waals surface area contributed by atoms with Crippen molar-refractivity contribution in [2.24, 2.45) is 0 Å². The van der Waals surface area contributed by atoms with Crippen molar-refractivity contribution < 1.29 is 0 Å². The maximum Gasteiger partial charge on any atom is 0.0375 e. The summed E-state index contributed by atoms with van der Waals surface area (Å²) in [6.07, 6.45) is 2.53. The first-order chi connectivity index (χ1) is 8.25. The van der Waals surface area contributed by atoms with Gasteiger partial charge in [-0.15, -0.1) is 0 Å². The van der Waals surface area contributed by atoms with Crippen LogP contribution in [-0.4, -0.2) is 19.6 Å². The molecule has 0 spiro atoms. The van der Waals surface area contributed by atoms with Gasteiger partial charge in [-0.1, -0.05) is 45.4 Å². The summed E-state index contributed by atoms with van der Waals surface area (Å²) in [5.74, 6) is 0.576. The Morgan fingerprint density at radius 3 is 2.53 bits per heavy atom. The fourth-order valence-corrected chi connectivity index (χ4v) is 1.87. The van der Waals surface area contributed by atoms with Crippen molar-refractivity contribution in [2.75, 3.05) is 25.0 Å². The van der Waals surface area contributed by atoms with E-state index in [2.05, 4.69) is 55.7 Å². The SMILES string of the molecule is CCCCNCCNc1ccccc1C(C)C. The molecule has 0 saturated heterocycles. The summed E-state index contributed by atoms with van der Waals surface area (Å²) >= 11 is 0. The van der Waals surface area contributed by atoms with Gasteiger partial charge >= 0.3 is 0 Å². The lowest BCUT2D eigenvalue weighted by Crippen LogP contribution is -2.23. The van der Waals surface area contributed by atoms with Crippen molar-refractivity contribution >= 4 is 5.69 Å². The van der Waals surface area contributed by atoms with Crippen molar-refractivity contribution in [3.05, 3.63) is 29.8 Å². The Morgan fingerprint density at radius 1 is 1.06 bits per heavy atom. The molecule has 0 heterocycles. The van der Waals surface area contributed by atoms with E-state index in [1.54, 1.807) is 0 Å². The third-order valence-corrected chi connectivity index (χ3v) is 2.91. The molecule has 0 amide bonds. The Labute approximate surface area is 106 Å². The normalized spacial score (nSPS) is 10.8. The molecule has 0 radical (unpaired) electrons. The van der Waals surface area contributed by atoms with Crippen LogP contribution in [0.25, 0.3) is 0 Å². The summed E-state index contributed by atoms with van der Waals surface area (Å²) in [6.45, 7) is 9.85. The van der Waals surface area contributed by atoms with E-state index in [9.17, 15) is 0 Å². The first-order valence-corrected chi connectivity index (χ1v) is 6.79. The predicted octanol–water partition coefficient (Wildman–Crippen LogP) is 3.61. The molecule has 0 atom stereocenters. The largest absolute Gasteiger partial charge is 0.384 e. The molecule has 0 fully saturated rings. The van der Waals surface area contributed by atoms with Crippen LogP contribution >= 0.6 is 0 Å². The number of hydrogen-bond donors (Lipinski definition) is 2. The van der Waals surface area contributed by atoms with Gasteiger partial charge in [0.25, 0.3) is 0 Å². The van der Waals surface area contributed by atoms with E-state index in [0.717, 1.165) is 19.6 Å². The minimum atomic E-state index is 0.576. The number of hydrogen-bond acceptors (Lipinski definition) is 2. The molecule has 17 heavy (non-hydrogen) atoms. The van der Waals surface area contributed by atoms with Crippen molar-refractivity contribution in [3.63, 3.8) is 0 Å². The van der Waals surface area contributed by atoms with E-state index in [4.69, 9.17) is 0 Å². The zero-order valence-electron chi connectivity index (χ0n) is 11.4. The number of nitrogens with one attached hydrogen (secondary N) is 2. The monoisotopic (exact) mass is 234 g/mol. The van der Waals surface area contributed by atoms with Crippen LogP contribution in [0.5, 0.6) is 0 Å². The predicted molar refractivity (Wildman–Crippen MR) is 76.8 cm³/mol. The van der Waals surface area contributed by atoms with Gasteiger partial charge in [-0.3, -0.25) is 0 Å². The highest BCUT2D eigenvalue weighted by Gasteiger charge is 2.04. The van der Waals surface area contributed by atoms with E-state index < -0.39 is 0 Å². The highest BCUT2D eigenvalue weighted by Crippen LogP contribution is 2.23. The lowest BCUT2D eigenvalue weighted by atomic mass is 10.0. The van der Waals surface area contributed by atoms with Crippen molar-refractivity contribution in [3.8, 4) is 0 Å². The van der Waals surface area contributed by atoms with Crippen LogP contribution in [-0.2, 0) is 0 Å². The average molecular weight is 234 g/mol. The second-order valence-electron chi connectivity index (χ2n) is 4.77. The zero-order valence-corrected chi connectivity index (χ0v) is 11.4. The number of unbranched alkanes of at least 4 members (excludes halogenated alkanes) is 1. The van der Waals surface area contributed by atoms with Gasteiger partial charge in [0, 0.05) is 18.8 Å². The van der Waals surface area contributed by atoms with Crippen LogP contribution in [0.2, 0.25) is 0 Å². The Bertz CT molecular complexity index is 308. The summed E-state index contributed by atoms with van der Waals surface area (Å²) in [5.41, 5.74) is 2.68. The van der Waals surface area contributed by atoms with E-state index in [1.165, 1.54) is 24.1 Å². The van der Waals surface area contributed by atoms with E-state index >= 15 is 0 Å². The Hall–Kier alpha value is -1.02. The fourth-order valence-electron chi connectivity index (χ4n) is 1.87. The van der Waals surface area contributed by atoms with E-state index in [0.29, 0.717) is 5.92 Å². The topological polar surface area (TPSA) is 24.1 Å². The van der Waals surface area contributed by atoms with Gasteiger partial charge in [0.1, 0.15) is 0 Å². The Balaban J connectivity index is 2.31. The smallest absolute Gasteiger partial charge is 0.0375 e. The van der Waals surface area contributed by atoms with Gasteiger partial charge in [-0.05, 0) is 30.5 Å². The summed E-state index contributed by atoms with van der Waals surface area (Å²) in [5, 5.41) is 6.95. The van der Waals surface area contributed by atoms with Crippen LogP contribution in [0.3, 0.4) is 0 Å². The van der Waals surface area contributed by atoms with Crippen LogP contribution in [0.15, 0.2) is 24.3 Å². The second-order valence-corrected chi connectivity index (χ2v) is 4.77. The van der Waals surface area contributed by atoms with Gasteiger partial charge in [-0.25, -0.2) is 0 Å². The maximum atomic E-state index is 3.51. The summed E-state index contributed by atoms with van der Waals surface area (Å²) in [7, 11) is 0. The van der Waals surface area contributed by atoms with Crippen LogP contribution < -0.4 is 10.6 Å². The zero-order chi connectivity index (χ0) is 12.5. The van der Waals surface area contributed by atoms with E-state index in [-0.39, 0.29) is 0 Å². The lowest BCUT2D eigenvalue weighted by Gasteiger charge is -2.14. The lowest BCUT2D eigenvalue weighted by molar-refractivity contribution is 0.652. The van der Waals surface area contributed by atoms with Gasteiger partial charge in [0.2, 0.25) is 0 Å². The van der Waals surface area contributed by atoms with Crippen LogP contribution in [0, 0.1) is 0 Å². The molecule has 2 nitrogen and oxygen atoms in total. The van der Waals surface area contributed by atoms with Gasteiger partial charge < -0.3 is 10.6 Å². The highest BCUT2D eigenvalue weighted by molar-refractivity contribution is 5.52. The molecule has 2 heteroatoms. The van der Waals surface area contributed by atoms with Crippen molar-refractivity contribution in [2.45, 2.75) is 39.5 Å².